The first-order valence-corrected chi connectivity index (χ1v) is 9.39. The molecule has 1 N–H and O–H groups in total. The zero-order valence-corrected chi connectivity index (χ0v) is 14.5. The lowest BCUT2D eigenvalue weighted by Gasteiger charge is -2.12. The second-order valence-electron chi connectivity index (χ2n) is 6.25. The van der Waals surface area contributed by atoms with E-state index < -0.39 is 0 Å². The summed E-state index contributed by atoms with van der Waals surface area (Å²) in [6.07, 6.45) is 2.29. The maximum absolute atomic E-state index is 12.2. The quantitative estimate of drug-likeness (QED) is 0.798. The third kappa shape index (κ3) is 3.53. The van der Waals surface area contributed by atoms with Gasteiger partial charge in [-0.25, -0.2) is 4.79 Å². The van der Waals surface area contributed by atoms with E-state index in [1.165, 1.54) is 22.2 Å². The summed E-state index contributed by atoms with van der Waals surface area (Å²) < 4.78 is 2.11. The highest BCUT2D eigenvalue weighted by Gasteiger charge is 2.31. The molecule has 0 radical (unpaired) electrons. The molecule has 0 bridgehead atoms. The Hall–Kier alpha value is -2.35. The van der Waals surface area contributed by atoms with E-state index in [9.17, 15) is 9.59 Å². The number of nitrogens with one attached hydrogen (secondary N) is 1. The van der Waals surface area contributed by atoms with Crippen molar-refractivity contribution in [3.8, 4) is 0 Å². The topological polar surface area (TPSA) is 80.1 Å². The van der Waals surface area contributed by atoms with Crippen LogP contribution in [0.5, 0.6) is 0 Å². The predicted molar refractivity (Wildman–Crippen MR) is 93.4 cm³/mol. The van der Waals surface area contributed by atoms with Crippen molar-refractivity contribution in [2.45, 2.75) is 30.5 Å². The van der Waals surface area contributed by atoms with Gasteiger partial charge in [-0.3, -0.25) is 9.69 Å². The number of benzene rings is 1. The van der Waals surface area contributed by atoms with E-state index in [1.807, 2.05) is 18.2 Å². The van der Waals surface area contributed by atoms with Gasteiger partial charge in [0, 0.05) is 19.0 Å². The Morgan fingerprint density at radius 1 is 1.24 bits per heavy atom. The van der Waals surface area contributed by atoms with Gasteiger partial charge < -0.3 is 9.88 Å². The molecule has 3 amide bonds. The lowest BCUT2D eigenvalue weighted by atomic mass is 10.2. The second-order valence-corrected chi connectivity index (χ2v) is 7.20. The van der Waals surface area contributed by atoms with Crippen molar-refractivity contribution in [2.24, 2.45) is 0 Å². The van der Waals surface area contributed by atoms with Crippen molar-refractivity contribution >= 4 is 23.7 Å². The average molecular weight is 357 g/mol. The van der Waals surface area contributed by atoms with Gasteiger partial charge in [0.25, 0.3) is 0 Å². The third-order valence-corrected chi connectivity index (χ3v) is 5.31. The van der Waals surface area contributed by atoms with Gasteiger partial charge in [-0.1, -0.05) is 42.1 Å². The van der Waals surface area contributed by atoms with Gasteiger partial charge in [-0.05, 0) is 18.4 Å². The van der Waals surface area contributed by atoms with E-state index >= 15 is 0 Å². The van der Waals surface area contributed by atoms with Gasteiger partial charge in [0.1, 0.15) is 5.82 Å². The fraction of sp³-hybridized carbons (Fsp3) is 0.412. The fourth-order valence-electron chi connectivity index (χ4n) is 2.88. The number of aromatic nitrogens is 3. The van der Waals surface area contributed by atoms with Crippen LogP contribution in [0.4, 0.5) is 4.79 Å². The number of carbonyl (C=O) groups excluding carboxylic acids is 2. The highest BCUT2D eigenvalue weighted by Crippen LogP contribution is 2.40. The van der Waals surface area contributed by atoms with E-state index in [0.29, 0.717) is 25.6 Å². The van der Waals surface area contributed by atoms with Gasteiger partial charge in [0.15, 0.2) is 5.16 Å². The van der Waals surface area contributed by atoms with Crippen molar-refractivity contribution < 1.29 is 9.59 Å². The van der Waals surface area contributed by atoms with Crippen LogP contribution < -0.4 is 5.32 Å². The van der Waals surface area contributed by atoms with Crippen LogP contribution in [0.2, 0.25) is 0 Å². The molecule has 2 heterocycles. The molecule has 1 saturated heterocycles. The molecular weight excluding hydrogens is 338 g/mol. The number of carbonyl (C=O) groups is 2. The van der Waals surface area contributed by atoms with E-state index in [1.54, 1.807) is 0 Å². The molecule has 1 saturated carbocycles. The summed E-state index contributed by atoms with van der Waals surface area (Å²) in [6.45, 7) is 1.65. The summed E-state index contributed by atoms with van der Waals surface area (Å²) in [4.78, 5) is 25.1. The normalized spacial score (nSPS) is 17.0. The zero-order chi connectivity index (χ0) is 17.2. The number of rotatable bonds is 6. The lowest BCUT2D eigenvalue weighted by Crippen LogP contribution is -2.35. The Morgan fingerprint density at radius 2 is 2.04 bits per heavy atom. The summed E-state index contributed by atoms with van der Waals surface area (Å²) in [6, 6.07) is 9.86. The van der Waals surface area contributed by atoms with Crippen LogP contribution in [0.15, 0.2) is 35.5 Å². The van der Waals surface area contributed by atoms with Crippen molar-refractivity contribution in [3.63, 3.8) is 0 Å². The predicted octanol–water partition coefficient (Wildman–Crippen LogP) is 1.85. The van der Waals surface area contributed by atoms with Gasteiger partial charge in [-0.15, -0.1) is 10.2 Å². The summed E-state index contributed by atoms with van der Waals surface area (Å²) in [7, 11) is 0. The first kappa shape index (κ1) is 16.1. The second kappa shape index (κ2) is 6.87. The van der Waals surface area contributed by atoms with Gasteiger partial charge in [0.05, 0.1) is 12.3 Å². The van der Waals surface area contributed by atoms with Crippen LogP contribution in [-0.4, -0.2) is 50.4 Å². The van der Waals surface area contributed by atoms with E-state index in [-0.39, 0.29) is 17.7 Å². The molecule has 1 aliphatic carbocycles. The Labute approximate surface area is 149 Å². The third-order valence-electron chi connectivity index (χ3n) is 4.35. The molecule has 2 aliphatic rings. The van der Waals surface area contributed by atoms with Crippen LogP contribution in [0.3, 0.4) is 0 Å². The molecule has 25 heavy (non-hydrogen) atoms. The minimum Gasteiger partial charge on any atom is -0.336 e. The minimum atomic E-state index is -0.310. The Balaban J connectivity index is 1.49. The standard InChI is InChI=1S/C17H19N5O2S/c23-14(21-9-8-18-16(21)24)11-25-17-20-19-15(13-6-7-13)22(17)10-12-4-2-1-3-5-12/h1-5,13H,6-11H2,(H,18,24). The molecule has 0 spiro atoms. The fourth-order valence-corrected chi connectivity index (χ4v) is 3.70. The number of hydrogen-bond donors (Lipinski definition) is 1. The smallest absolute Gasteiger partial charge is 0.324 e. The van der Waals surface area contributed by atoms with Gasteiger partial charge in [0.2, 0.25) is 5.91 Å². The highest BCUT2D eigenvalue weighted by atomic mass is 32.2. The maximum Gasteiger partial charge on any atom is 0.324 e. The summed E-state index contributed by atoms with van der Waals surface area (Å²) in [5, 5.41) is 12.0. The van der Waals surface area contributed by atoms with Crippen LogP contribution in [0, 0.1) is 0 Å². The number of urea groups is 1. The minimum absolute atomic E-state index is 0.186. The maximum atomic E-state index is 12.2. The number of nitrogens with zero attached hydrogens (tertiary/aromatic N) is 4. The van der Waals surface area contributed by atoms with Crippen LogP contribution in [-0.2, 0) is 11.3 Å². The van der Waals surface area contributed by atoms with Crippen LogP contribution in [0.1, 0.15) is 30.1 Å². The molecule has 1 aliphatic heterocycles. The molecule has 1 aromatic carbocycles. The molecule has 130 valence electrons. The first-order valence-electron chi connectivity index (χ1n) is 8.40. The van der Waals surface area contributed by atoms with E-state index in [0.717, 1.165) is 23.8 Å². The first-order chi connectivity index (χ1) is 12.2. The van der Waals surface area contributed by atoms with Gasteiger partial charge in [-0.2, -0.15) is 0 Å². The molecular formula is C17H19N5O2S. The Kier molecular flexibility index (Phi) is 4.44. The lowest BCUT2D eigenvalue weighted by molar-refractivity contribution is -0.124. The van der Waals surface area contributed by atoms with Crippen molar-refractivity contribution in [1.82, 2.24) is 25.0 Å². The molecule has 8 heteroatoms. The SMILES string of the molecule is O=C(CSc1nnc(C2CC2)n1Cc1ccccc1)N1CCNC1=O. The molecule has 2 fully saturated rings. The van der Waals surface area contributed by atoms with Crippen molar-refractivity contribution in [2.75, 3.05) is 18.8 Å². The summed E-state index contributed by atoms with van der Waals surface area (Å²) in [5.74, 6) is 1.47. The summed E-state index contributed by atoms with van der Waals surface area (Å²) in [5.41, 5.74) is 1.18. The zero-order valence-electron chi connectivity index (χ0n) is 13.7. The number of imide groups is 1. The van der Waals surface area contributed by atoms with E-state index in [2.05, 4.69) is 32.2 Å². The molecule has 7 nitrogen and oxygen atoms in total. The number of amides is 3. The van der Waals surface area contributed by atoms with Crippen molar-refractivity contribution in [3.05, 3.63) is 41.7 Å². The molecule has 0 atom stereocenters. The number of hydrogen-bond acceptors (Lipinski definition) is 5. The van der Waals surface area contributed by atoms with Gasteiger partial charge >= 0.3 is 6.03 Å². The highest BCUT2D eigenvalue weighted by molar-refractivity contribution is 7.99. The molecule has 4 rings (SSSR count). The largest absolute Gasteiger partial charge is 0.336 e. The van der Waals surface area contributed by atoms with Crippen LogP contribution >= 0.6 is 11.8 Å². The monoisotopic (exact) mass is 357 g/mol. The molecule has 2 aromatic rings. The van der Waals surface area contributed by atoms with Crippen LogP contribution in [0.25, 0.3) is 0 Å². The Morgan fingerprint density at radius 3 is 2.72 bits per heavy atom. The Bertz CT molecular complexity index is 788. The average Bonchev–Trinajstić information content (AvgIpc) is 3.26. The van der Waals surface area contributed by atoms with E-state index in [4.69, 9.17) is 0 Å². The molecule has 0 unspecified atom stereocenters. The molecule has 1 aromatic heterocycles. The summed E-state index contributed by atoms with van der Waals surface area (Å²) >= 11 is 1.35. The van der Waals surface area contributed by atoms with Crippen molar-refractivity contribution in [1.29, 1.82) is 0 Å². The number of thioether (sulfide) groups is 1.